The minimum absolute atomic E-state index is 0.00897. The summed E-state index contributed by atoms with van der Waals surface area (Å²) < 4.78 is 28.7. The molecule has 1 heterocycles. The Morgan fingerprint density at radius 2 is 1.64 bits per heavy atom. The van der Waals surface area contributed by atoms with Crippen LogP contribution < -0.4 is 14.9 Å². The molecule has 2 amide bonds. The number of sulfonamides is 1. The third-order valence-corrected chi connectivity index (χ3v) is 7.61. The van der Waals surface area contributed by atoms with Crippen molar-refractivity contribution in [3.05, 3.63) is 83.4 Å². The highest BCUT2D eigenvalue weighted by atomic mass is 32.2. The van der Waals surface area contributed by atoms with E-state index in [1.807, 2.05) is 12.1 Å². The molecule has 0 aromatic heterocycles. The Balaban J connectivity index is 1.47. The van der Waals surface area contributed by atoms with Crippen LogP contribution in [0.4, 0.5) is 17.1 Å². The van der Waals surface area contributed by atoms with Gasteiger partial charge < -0.3 is 10.2 Å². The van der Waals surface area contributed by atoms with Gasteiger partial charge in [-0.15, -0.1) is 0 Å². The highest BCUT2D eigenvalue weighted by Gasteiger charge is 2.24. The first-order valence-corrected chi connectivity index (χ1v) is 13.4. The second-order valence-electron chi connectivity index (χ2n) is 10.1. The number of hydrogen-bond acceptors (Lipinski definition) is 4. The number of benzene rings is 3. The van der Waals surface area contributed by atoms with Gasteiger partial charge >= 0.3 is 0 Å². The minimum Gasteiger partial charge on any atom is -0.322 e. The maximum absolute atomic E-state index is 13.0. The highest BCUT2D eigenvalue weighted by molar-refractivity contribution is 7.92. The zero-order valence-electron chi connectivity index (χ0n) is 21.0. The lowest BCUT2D eigenvalue weighted by Gasteiger charge is -2.19. The van der Waals surface area contributed by atoms with E-state index in [0.717, 1.165) is 17.7 Å². The first-order chi connectivity index (χ1) is 16.9. The second-order valence-corrected chi connectivity index (χ2v) is 11.7. The van der Waals surface area contributed by atoms with Gasteiger partial charge in [-0.2, -0.15) is 0 Å². The second kappa shape index (κ2) is 9.78. The average molecular weight is 506 g/mol. The average Bonchev–Trinajstić information content (AvgIpc) is 3.24. The maximum Gasteiger partial charge on any atom is 0.261 e. The van der Waals surface area contributed by atoms with E-state index >= 15 is 0 Å². The van der Waals surface area contributed by atoms with Crippen LogP contribution in [0.1, 0.15) is 55.1 Å². The lowest BCUT2D eigenvalue weighted by Crippen LogP contribution is -2.24. The lowest BCUT2D eigenvalue weighted by molar-refractivity contribution is -0.117. The van der Waals surface area contributed by atoms with Crippen molar-refractivity contribution in [3.63, 3.8) is 0 Å². The topological polar surface area (TPSA) is 95.6 Å². The molecule has 0 saturated carbocycles. The third-order valence-electron chi connectivity index (χ3n) is 6.23. The predicted octanol–water partition coefficient (Wildman–Crippen LogP) is 5.47. The normalized spacial score (nSPS) is 14.1. The van der Waals surface area contributed by atoms with Gasteiger partial charge in [-0.3, -0.25) is 14.3 Å². The molecule has 3 aromatic carbocycles. The number of rotatable bonds is 6. The monoisotopic (exact) mass is 505 g/mol. The largest absolute Gasteiger partial charge is 0.322 e. The molecule has 0 spiro atoms. The molecule has 8 heteroatoms. The van der Waals surface area contributed by atoms with Crippen molar-refractivity contribution in [3.8, 4) is 0 Å². The number of hydrogen-bond donors (Lipinski definition) is 2. The van der Waals surface area contributed by atoms with Crippen LogP contribution in [0.2, 0.25) is 0 Å². The molecule has 1 aliphatic heterocycles. The van der Waals surface area contributed by atoms with Crippen LogP contribution in [0, 0.1) is 6.92 Å². The van der Waals surface area contributed by atoms with Crippen LogP contribution in [0.25, 0.3) is 0 Å². The standard InChI is InChI=1S/C28H31N3O4S/c1-19-17-24(14-15-25(19)31-16-6-9-26(31)32)36(34,35)30-23-8-5-7-22(18-23)29-27(33)20-10-12-21(13-11-20)28(2,3)4/h5,7-8,10-15,17-18,30H,6,9,16H2,1-4H3,(H,29,33). The molecule has 188 valence electrons. The molecule has 4 rings (SSSR count). The summed E-state index contributed by atoms with van der Waals surface area (Å²) in [6.07, 6.45) is 1.31. The van der Waals surface area contributed by atoms with Crippen LogP contribution in [-0.4, -0.2) is 26.8 Å². The van der Waals surface area contributed by atoms with E-state index in [0.29, 0.717) is 35.5 Å². The van der Waals surface area contributed by atoms with Gasteiger partial charge in [-0.1, -0.05) is 39.0 Å². The number of nitrogens with zero attached hydrogens (tertiary/aromatic N) is 1. The van der Waals surface area contributed by atoms with Gasteiger partial charge in [0.05, 0.1) is 10.6 Å². The predicted molar refractivity (Wildman–Crippen MR) is 143 cm³/mol. The number of aryl methyl sites for hydroxylation is 1. The molecule has 0 atom stereocenters. The molecule has 1 aliphatic rings. The molecule has 0 unspecified atom stereocenters. The van der Waals surface area contributed by atoms with Gasteiger partial charge in [0.1, 0.15) is 0 Å². The Morgan fingerprint density at radius 1 is 0.944 bits per heavy atom. The lowest BCUT2D eigenvalue weighted by atomic mass is 9.87. The Hall–Kier alpha value is -3.65. The van der Waals surface area contributed by atoms with E-state index in [9.17, 15) is 18.0 Å². The quantitative estimate of drug-likeness (QED) is 0.464. The van der Waals surface area contributed by atoms with Crippen molar-refractivity contribution < 1.29 is 18.0 Å². The number of carbonyl (C=O) groups excluding carboxylic acids is 2. The van der Waals surface area contributed by atoms with Gasteiger partial charge in [0, 0.05) is 29.9 Å². The van der Waals surface area contributed by atoms with Gasteiger partial charge in [0.2, 0.25) is 5.91 Å². The number of carbonyl (C=O) groups is 2. The molecule has 0 aliphatic carbocycles. The van der Waals surface area contributed by atoms with Crippen molar-refractivity contribution in [2.24, 2.45) is 0 Å². The van der Waals surface area contributed by atoms with E-state index in [4.69, 9.17) is 0 Å². The van der Waals surface area contributed by atoms with Crippen molar-refractivity contribution in [1.82, 2.24) is 0 Å². The summed E-state index contributed by atoms with van der Waals surface area (Å²) >= 11 is 0. The van der Waals surface area contributed by atoms with Crippen molar-refractivity contribution in [2.45, 2.75) is 50.8 Å². The van der Waals surface area contributed by atoms with Crippen LogP contribution in [0.15, 0.2) is 71.6 Å². The van der Waals surface area contributed by atoms with Crippen molar-refractivity contribution in [1.29, 1.82) is 0 Å². The molecule has 0 radical (unpaired) electrons. The molecule has 1 saturated heterocycles. The van der Waals surface area contributed by atoms with E-state index in [2.05, 4.69) is 30.8 Å². The molecule has 1 fully saturated rings. The summed E-state index contributed by atoms with van der Waals surface area (Å²) in [5, 5.41) is 2.82. The van der Waals surface area contributed by atoms with E-state index in [1.165, 1.54) is 6.07 Å². The Kier molecular flexibility index (Phi) is 6.91. The van der Waals surface area contributed by atoms with E-state index < -0.39 is 10.0 Å². The summed E-state index contributed by atoms with van der Waals surface area (Å²) in [4.78, 5) is 26.6. The van der Waals surface area contributed by atoms with Crippen molar-refractivity contribution >= 4 is 38.9 Å². The third kappa shape index (κ3) is 5.60. The fraction of sp³-hybridized carbons (Fsp3) is 0.286. The molecular weight excluding hydrogens is 474 g/mol. The first kappa shape index (κ1) is 25.4. The number of anilines is 3. The summed E-state index contributed by atoms with van der Waals surface area (Å²) in [5.41, 5.74) is 3.88. The first-order valence-electron chi connectivity index (χ1n) is 11.9. The molecule has 7 nitrogen and oxygen atoms in total. The number of amides is 2. The summed E-state index contributed by atoms with van der Waals surface area (Å²) in [6.45, 7) is 8.77. The smallest absolute Gasteiger partial charge is 0.261 e. The molecule has 36 heavy (non-hydrogen) atoms. The summed E-state index contributed by atoms with van der Waals surface area (Å²) in [6, 6.07) is 18.7. The molecule has 0 bridgehead atoms. The minimum atomic E-state index is -3.87. The fourth-order valence-electron chi connectivity index (χ4n) is 4.20. The molecular formula is C28H31N3O4S. The SMILES string of the molecule is Cc1cc(S(=O)(=O)Nc2cccc(NC(=O)c3ccc(C(C)(C)C)cc3)c2)ccc1N1CCCC1=O. The zero-order chi connectivity index (χ0) is 26.1. The van der Waals surface area contributed by atoms with Gasteiger partial charge in [-0.05, 0) is 78.4 Å². The van der Waals surface area contributed by atoms with Crippen LogP contribution >= 0.6 is 0 Å². The van der Waals surface area contributed by atoms with Gasteiger partial charge in [-0.25, -0.2) is 8.42 Å². The Morgan fingerprint density at radius 3 is 2.25 bits per heavy atom. The zero-order valence-corrected chi connectivity index (χ0v) is 21.8. The Bertz CT molecular complexity index is 1410. The summed E-state index contributed by atoms with van der Waals surface area (Å²) in [7, 11) is -3.87. The molecule has 2 N–H and O–H groups in total. The Labute approximate surface area is 212 Å². The van der Waals surface area contributed by atoms with Crippen LogP contribution in [-0.2, 0) is 20.2 Å². The highest BCUT2D eigenvalue weighted by Crippen LogP contribution is 2.28. The molecule has 3 aromatic rings. The van der Waals surface area contributed by atoms with Crippen molar-refractivity contribution in [2.75, 3.05) is 21.5 Å². The van der Waals surface area contributed by atoms with Gasteiger partial charge in [0.25, 0.3) is 15.9 Å². The van der Waals surface area contributed by atoms with E-state index in [1.54, 1.807) is 60.4 Å². The summed E-state index contributed by atoms with van der Waals surface area (Å²) in [5.74, 6) is -0.228. The van der Waals surface area contributed by atoms with E-state index in [-0.39, 0.29) is 22.1 Å². The number of nitrogens with one attached hydrogen (secondary N) is 2. The van der Waals surface area contributed by atoms with Crippen LogP contribution in [0.5, 0.6) is 0 Å². The van der Waals surface area contributed by atoms with Gasteiger partial charge in [0.15, 0.2) is 0 Å². The van der Waals surface area contributed by atoms with Crippen LogP contribution in [0.3, 0.4) is 0 Å². The fourth-order valence-corrected chi connectivity index (χ4v) is 5.33. The maximum atomic E-state index is 13.0.